The van der Waals surface area contributed by atoms with Crippen molar-refractivity contribution in [1.82, 2.24) is 0 Å². The van der Waals surface area contributed by atoms with E-state index in [1.807, 2.05) is 80.6 Å². The van der Waals surface area contributed by atoms with Crippen molar-refractivity contribution in [3.8, 4) is 0 Å². The summed E-state index contributed by atoms with van der Waals surface area (Å²) < 4.78 is 10.7. The summed E-state index contributed by atoms with van der Waals surface area (Å²) in [4.78, 5) is 11.6. The molecule has 1 aliphatic heterocycles. The number of carbonyl (C=O) groups is 1. The number of benzene rings is 2. The quantitative estimate of drug-likeness (QED) is 0.616. The van der Waals surface area contributed by atoms with E-state index >= 15 is 0 Å². The third kappa shape index (κ3) is 2.89. The Labute approximate surface area is 130 Å². The molecule has 0 amide bonds. The Morgan fingerprint density at radius 2 is 1.59 bits per heavy atom. The Bertz CT molecular complexity index is 687. The molecule has 0 bridgehead atoms. The molecule has 1 aliphatic rings. The van der Waals surface area contributed by atoms with Gasteiger partial charge in [-0.25, -0.2) is 4.79 Å². The summed E-state index contributed by atoms with van der Waals surface area (Å²) in [6, 6.07) is 19.9. The third-order valence-electron chi connectivity index (χ3n) is 3.70. The van der Waals surface area contributed by atoms with Crippen LogP contribution in [0.2, 0.25) is 0 Å². The molecule has 0 spiro atoms. The maximum absolute atomic E-state index is 11.6. The van der Waals surface area contributed by atoms with Gasteiger partial charge in [-0.3, -0.25) is 0 Å². The molecule has 0 N–H and O–H groups in total. The molecule has 0 aromatic heterocycles. The Morgan fingerprint density at radius 1 is 1.00 bits per heavy atom. The molecule has 3 nitrogen and oxygen atoms in total. The van der Waals surface area contributed by atoms with Gasteiger partial charge in [-0.1, -0.05) is 60.7 Å². The fourth-order valence-corrected chi connectivity index (χ4v) is 2.64. The highest BCUT2D eigenvalue weighted by molar-refractivity contribution is 5.86. The van der Waals surface area contributed by atoms with E-state index in [0.717, 1.165) is 16.7 Å². The lowest BCUT2D eigenvalue weighted by Crippen LogP contribution is -2.33. The number of rotatable bonds is 3. The Morgan fingerprint density at radius 3 is 2.14 bits per heavy atom. The first kappa shape index (κ1) is 14.4. The molecule has 1 atom stereocenters. The van der Waals surface area contributed by atoms with Crippen LogP contribution in [0.3, 0.4) is 0 Å². The molecule has 3 rings (SSSR count). The molecule has 0 radical (unpaired) electrons. The second kappa shape index (κ2) is 5.68. The second-order valence-corrected chi connectivity index (χ2v) is 5.83. The van der Waals surface area contributed by atoms with Gasteiger partial charge in [0.1, 0.15) is 0 Å². The van der Waals surface area contributed by atoms with Crippen LogP contribution in [0, 0.1) is 0 Å². The molecule has 1 saturated heterocycles. The lowest BCUT2D eigenvalue weighted by atomic mass is 9.89. The van der Waals surface area contributed by atoms with Gasteiger partial charge in [0.2, 0.25) is 0 Å². The summed E-state index contributed by atoms with van der Waals surface area (Å²) in [6.07, 6.45) is 0.983. The molecule has 2 aromatic carbocycles. The van der Waals surface area contributed by atoms with Crippen LogP contribution in [0.25, 0.3) is 11.6 Å². The fraction of sp³-hybridized carbons (Fsp3) is 0.211. The van der Waals surface area contributed by atoms with E-state index in [4.69, 9.17) is 9.47 Å². The molecule has 22 heavy (non-hydrogen) atoms. The van der Waals surface area contributed by atoms with Gasteiger partial charge in [-0.2, -0.15) is 0 Å². The van der Waals surface area contributed by atoms with E-state index in [0.29, 0.717) is 0 Å². The number of cyclic esters (lactones) is 2. The Balaban J connectivity index is 2.08. The summed E-state index contributed by atoms with van der Waals surface area (Å²) in [5.74, 6) is 0. The molecule has 2 aromatic rings. The first-order valence-electron chi connectivity index (χ1n) is 7.28. The molecule has 0 saturated carbocycles. The van der Waals surface area contributed by atoms with Gasteiger partial charge in [0.25, 0.3) is 0 Å². The smallest absolute Gasteiger partial charge is 0.424 e. The van der Waals surface area contributed by atoms with Gasteiger partial charge >= 0.3 is 6.16 Å². The van der Waals surface area contributed by atoms with Crippen LogP contribution >= 0.6 is 0 Å². The van der Waals surface area contributed by atoms with E-state index in [9.17, 15) is 4.79 Å². The maximum atomic E-state index is 11.6. The standard InChI is InChI=1S/C19H18O3/c1-19(2)17(21-18(20)22-19)16(15-11-7-4-8-12-15)13-14-9-5-3-6-10-14/h3-13,17H,1-2H3. The molecule has 1 fully saturated rings. The van der Waals surface area contributed by atoms with Gasteiger partial charge in [0.15, 0.2) is 11.7 Å². The normalized spacial score (nSPS) is 20.4. The van der Waals surface area contributed by atoms with E-state index in [-0.39, 0.29) is 0 Å². The first-order chi connectivity index (χ1) is 10.6. The van der Waals surface area contributed by atoms with Crippen molar-refractivity contribution < 1.29 is 14.3 Å². The third-order valence-corrected chi connectivity index (χ3v) is 3.70. The summed E-state index contributed by atoms with van der Waals surface area (Å²) in [6.45, 7) is 3.73. The SMILES string of the molecule is CC1(C)OC(=O)OC1C(=Cc1ccccc1)c1ccccc1. The average Bonchev–Trinajstić information content (AvgIpc) is 2.79. The highest BCUT2D eigenvalue weighted by Gasteiger charge is 2.46. The number of hydrogen-bond acceptors (Lipinski definition) is 3. The second-order valence-electron chi connectivity index (χ2n) is 5.83. The monoisotopic (exact) mass is 294 g/mol. The van der Waals surface area contributed by atoms with Crippen LogP contribution in [-0.4, -0.2) is 17.9 Å². The van der Waals surface area contributed by atoms with Gasteiger partial charge in [-0.15, -0.1) is 0 Å². The summed E-state index contributed by atoms with van der Waals surface area (Å²) in [7, 11) is 0. The van der Waals surface area contributed by atoms with E-state index in [2.05, 4.69) is 0 Å². The fourth-order valence-electron chi connectivity index (χ4n) is 2.64. The van der Waals surface area contributed by atoms with Crippen molar-refractivity contribution in [2.24, 2.45) is 0 Å². The minimum atomic E-state index is -0.701. The average molecular weight is 294 g/mol. The lowest BCUT2D eigenvalue weighted by Gasteiger charge is -2.24. The minimum Gasteiger partial charge on any atom is -0.424 e. The number of carbonyl (C=O) groups excluding carboxylic acids is 1. The van der Waals surface area contributed by atoms with E-state index in [1.165, 1.54) is 0 Å². The zero-order chi connectivity index (χ0) is 15.6. The highest BCUT2D eigenvalue weighted by Crippen LogP contribution is 2.37. The number of ether oxygens (including phenoxy) is 2. The Kier molecular flexibility index (Phi) is 3.72. The van der Waals surface area contributed by atoms with Crippen molar-refractivity contribution in [3.05, 3.63) is 71.8 Å². The summed E-state index contributed by atoms with van der Waals surface area (Å²) in [5.41, 5.74) is 2.30. The molecular formula is C19H18O3. The molecular weight excluding hydrogens is 276 g/mol. The van der Waals surface area contributed by atoms with Crippen LogP contribution in [0.4, 0.5) is 4.79 Å². The van der Waals surface area contributed by atoms with Crippen LogP contribution < -0.4 is 0 Å². The van der Waals surface area contributed by atoms with E-state index < -0.39 is 17.9 Å². The van der Waals surface area contributed by atoms with Crippen molar-refractivity contribution in [2.45, 2.75) is 25.6 Å². The first-order valence-corrected chi connectivity index (χ1v) is 7.28. The van der Waals surface area contributed by atoms with Gasteiger partial charge in [0, 0.05) is 5.57 Å². The van der Waals surface area contributed by atoms with Crippen molar-refractivity contribution >= 4 is 17.8 Å². The zero-order valence-electron chi connectivity index (χ0n) is 12.7. The predicted octanol–water partition coefficient (Wildman–Crippen LogP) is 4.54. The van der Waals surface area contributed by atoms with Crippen LogP contribution in [0.1, 0.15) is 25.0 Å². The highest BCUT2D eigenvalue weighted by atomic mass is 16.8. The minimum absolute atomic E-state index is 0.442. The molecule has 0 aliphatic carbocycles. The Hall–Kier alpha value is -2.55. The van der Waals surface area contributed by atoms with Crippen molar-refractivity contribution in [3.63, 3.8) is 0 Å². The summed E-state index contributed by atoms with van der Waals surface area (Å²) in [5, 5.41) is 0. The zero-order valence-corrected chi connectivity index (χ0v) is 12.7. The topological polar surface area (TPSA) is 35.5 Å². The van der Waals surface area contributed by atoms with Crippen molar-refractivity contribution in [2.75, 3.05) is 0 Å². The predicted molar refractivity (Wildman–Crippen MR) is 86.2 cm³/mol. The molecule has 1 unspecified atom stereocenters. The number of hydrogen-bond donors (Lipinski definition) is 0. The van der Waals surface area contributed by atoms with Gasteiger partial charge in [-0.05, 0) is 31.1 Å². The van der Waals surface area contributed by atoms with E-state index in [1.54, 1.807) is 0 Å². The summed E-state index contributed by atoms with van der Waals surface area (Å²) >= 11 is 0. The van der Waals surface area contributed by atoms with Crippen LogP contribution in [0.5, 0.6) is 0 Å². The van der Waals surface area contributed by atoms with Crippen LogP contribution in [-0.2, 0) is 9.47 Å². The van der Waals surface area contributed by atoms with Gasteiger partial charge in [0.05, 0.1) is 0 Å². The molecule has 1 heterocycles. The maximum Gasteiger partial charge on any atom is 0.509 e. The van der Waals surface area contributed by atoms with Crippen molar-refractivity contribution in [1.29, 1.82) is 0 Å². The van der Waals surface area contributed by atoms with Crippen LogP contribution in [0.15, 0.2) is 60.7 Å². The molecule has 3 heteroatoms. The van der Waals surface area contributed by atoms with Gasteiger partial charge < -0.3 is 9.47 Å². The molecule has 112 valence electrons. The largest absolute Gasteiger partial charge is 0.509 e. The lowest BCUT2D eigenvalue weighted by molar-refractivity contribution is 0.0780.